The molecule has 1 atom stereocenters. The van der Waals surface area contributed by atoms with E-state index >= 15 is 0 Å². The number of hydrogen-bond acceptors (Lipinski definition) is 0. The van der Waals surface area contributed by atoms with E-state index in [0.717, 1.165) is 6.42 Å². The molecule has 12 heavy (non-hydrogen) atoms. The summed E-state index contributed by atoms with van der Waals surface area (Å²) in [5.41, 5.74) is 1.36. The molecule has 1 unspecified atom stereocenters. The van der Waals surface area contributed by atoms with E-state index in [4.69, 9.17) is 0 Å². The zero-order chi connectivity index (χ0) is 9.56. The summed E-state index contributed by atoms with van der Waals surface area (Å²) in [5, 5.41) is 0. The number of halogens is 3. The molecule has 0 aromatic rings. The number of alkyl halides is 3. The van der Waals surface area contributed by atoms with Gasteiger partial charge >= 0.3 is 0 Å². The molecule has 0 aliphatic rings. The zero-order valence-electron chi connectivity index (χ0n) is 7.23. The zero-order valence-corrected chi connectivity index (χ0v) is 12.0. The maximum absolute atomic E-state index is 3.44. The number of allylic oxidation sites excluding steroid dienone is 4. The number of hydrogen-bond donors (Lipinski definition) is 0. The molecular weight excluding hydrogens is 348 g/mol. The van der Waals surface area contributed by atoms with E-state index in [-0.39, 0.29) is 0 Å². The standard InChI is InChI=1S/C9H13Br3/c1-7(6-9(11)12)4-3-5-8(2)10/h3-5,8-9H,6H2,1-2H3/b5-3-,7-4-. The van der Waals surface area contributed by atoms with Gasteiger partial charge in [0.15, 0.2) is 0 Å². The van der Waals surface area contributed by atoms with Crippen LogP contribution in [0.15, 0.2) is 23.8 Å². The molecule has 0 radical (unpaired) electrons. The van der Waals surface area contributed by atoms with E-state index in [9.17, 15) is 0 Å². The highest BCUT2D eigenvalue weighted by Crippen LogP contribution is 2.17. The Morgan fingerprint density at radius 1 is 1.33 bits per heavy atom. The lowest BCUT2D eigenvalue weighted by Gasteiger charge is -1.99. The molecule has 0 saturated carbocycles. The van der Waals surface area contributed by atoms with E-state index in [1.165, 1.54) is 5.57 Å². The van der Waals surface area contributed by atoms with Crippen LogP contribution in [-0.2, 0) is 0 Å². The van der Waals surface area contributed by atoms with Crippen LogP contribution in [0.3, 0.4) is 0 Å². The predicted octanol–water partition coefficient (Wildman–Crippen LogP) is 4.78. The van der Waals surface area contributed by atoms with E-state index in [2.05, 4.69) is 79.9 Å². The molecule has 0 N–H and O–H groups in total. The van der Waals surface area contributed by atoms with Gasteiger partial charge in [0.05, 0.1) is 3.74 Å². The van der Waals surface area contributed by atoms with Crippen LogP contribution in [-0.4, -0.2) is 8.56 Å². The third-order valence-electron chi connectivity index (χ3n) is 1.23. The fourth-order valence-corrected chi connectivity index (χ4v) is 1.88. The van der Waals surface area contributed by atoms with Gasteiger partial charge in [-0.15, -0.1) is 0 Å². The quantitative estimate of drug-likeness (QED) is 0.500. The molecule has 0 spiro atoms. The average Bonchev–Trinajstić information content (AvgIpc) is 1.84. The van der Waals surface area contributed by atoms with E-state index < -0.39 is 0 Å². The maximum Gasteiger partial charge on any atom is 0.0734 e. The van der Waals surface area contributed by atoms with Gasteiger partial charge in [0, 0.05) is 4.83 Å². The Morgan fingerprint density at radius 2 is 1.92 bits per heavy atom. The van der Waals surface area contributed by atoms with Crippen LogP contribution < -0.4 is 0 Å². The molecule has 0 aromatic carbocycles. The second-order valence-corrected chi connectivity index (χ2v) is 7.55. The number of rotatable bonds is 4. The fraction of sp³-hybridized carbons (Fsp3) is 0.556. The molecule has 0 rings (SSSR count). The highest BCUT2D eigenvalue weighted by Gasteiger charge is 1.96. The molecule has 0 fully saturated rings. The second kappa shape index (κ2) is 7.34. The topological polar surface area (TPSA) is 0 Å². The first-order chi connectivity index (χ1) is 5.52. The van der Waals surface area contributed by atoms with Gasteiger partial charge in [0.1, 0.15) is 0 Å². The molecule has 0 aliphatic carbocycles. The van der Waals surface area contributed by atoms with Crippen molar-refractivity contribution in [2.75, 3.05) is 0 Å². The van der Waals surface area contributed by atoms with Crippen LogP contribution in [0.2, 0.25) is 0 Å². The van der Waals surface area contributed by atoms with Gasteiger partial charge in [-0.3, -0.25) is 0 Å². The fourth-order valence-electron chi connectivity index (χ4n) is 0.684. The Hall–Kier alpha value is 0.920. The molecule has 0 saturated heterocycles. The van der Waals surface area contributed by atoms with Gasteiger partial charge in [-0.05, 0) is 20.3 Å². The maximum atomic E-state index is 3.44. The second-order valence-electron chi connectivity index (χ2n) is 2.67. The van der Waals surface area contributed by atoms with Crippen molar-refractivity contribution in [3.8, 4) is 0 Å². The van der Waals surface area contributed by atoms with Crippen molar-refractivity contribution in [1.82, 2.24) is 0 Å². The molecule has 0 aromatic heterocycles. The highest BCUT2D eigenvalue weighted by molar-refractivity contribution is 9.24. The Labute approximate surface area is 99.9 Å². The van der Waals surface area contributed by atoms with Gasteiger partial charge in [0.25, 0.3) is 0 Å². The average molecular weight is 361 g/mol. The largest absolute Gasteiger partial charge is 0.0848 e. The van der Waals surface area contributed by atoms with E-state index in [0.29, 0.717) is 8.56 Å². The third-order valence-corrected chi connectivity index (χ3v) is 2.19. The molecule has 0 heterocycles. The summed E-state index contributed by atoms with van der Waals surface area (Å²) in [5.74, 6) is 0. The van der Waals surface area contributed by atoms with Crippen molar-refractivity contribution in [3.05, 3.63) is 23.8 Å². The Kier molecular flexibility index (Phi) is 7.90. The van der Waals surface area contributed by atoms with E-state index in [1.807, 2.05) is 0 Å². The van der Waals surface area contributed by atoms with Crippen LogP contribution in [0, 0.1) is 0 Å². The summed E-state index contributed by atoms with van der Waals surface area (Å²) in [6, 6.07) is 0. The molecule has 0 aliphatic heterocycles. The summed E-state index contributed by atoms with van der Waals surface area (Å²) in [6.07, 6.45) is 7.35. The molecule has 3 heteroatoms. The molecular formula is C9H13Br3. The summed E-state index contributed by atoms with van der Waals surface area (Å²) in [4.78, 5) is 0.449. The van der Waals surface area contributed by atoms with Crippen LogP contribution in [0.1, 0.15) is 20.3 Å². The van der Waals surface area contributed by atoms with Crippen LogP contribution in [0.5, 0.6) is 0 Å². The van der Waals surface area contributed by atoms with Gasteiger partial charge in [-0.1, -0.05) is 71.6 Å². The Bertz CT molecular complexity index is 169. The summed E-state index contributed by atoms with van der Waals surface area (Å²) in [6.45, 7) is 4.22. The summed E-state index contributed by atoms with van der Waals surface area (Å²) >= 11 is 10.3. The summed E-state index contributed by atoms with van der Waals surface area (Å²) < 4.78 is 0.385. The predicted molar refractivity (Wildman–Crippen MR) is 67.5 cm³/mol. The normalized spacial score (nSPS) is 16.0. The lowest BCUT2D eigenvalue weighted by atomic mass is 10.2. The monoisotopic (exact) mass is 358 g/mol. The summed E-state index contributed by atoms with van der Waals surface area (Å²) in [7, 11) is 0. The molecule has 70 valence electrons. The van der Waals surface area contributed by atoms with Crippen molar-refractivity contribution < 1.29 is 0 Å². The molecule has 0 bridgehead atoms. The first-order valence-electron chi connectivity index (χ1n) is 3.78. The lowest BCUT2D eigenvalue weighted by molar-refractivity contribution is 1.09. The molecule has 0 amide bonds. The minimum Gasteiger partial charge on any atom is -0.0848 e. The van der Waals surface area contributed by atoms with Crippen LogP contribution in [0.4, 0.5) is 0 Å². The van der Waals surface area contributed by atoms with E-state index in [1.54, 1.807) is 0 Å². The lowest BCUT2D eigenvalue weighted by Crippen LogP contribution is -1.85. The van der Waals surface area contributed by atoms with Crippen molar-refractivity contribution in [3.63, 3.8) is 0 Å². The SMILES string of the molecule is C/C(=C/C=C\C(C)Br)CC(Br)Br. The van der Waals surface area contributed by atoms with Crippen molar-refractivity contribution in [2.45, 2.75) is 28.8 Å². The van der Waals surface area contributed by atoms with Gasteiger partial charge in [-0.25, -0.2) is 0 Å². The molecule has 0 nitrogen and oxygen atoms in total. The Balaban J connectivity index is 3.84. The van der Waals surface area contributed by atoms with Crippen molar-refractivity contribution in [2.24, 2.45) is 0 Å². The van der Waals surface area contributed by atoms with Crippen molar-refractivity contribution >= 4 is 47.8 Å². The first-order valence-corrected chi connectivity index (χ1v) is 6.53. The van der Waals surface area contributed by atoms with Gasteiger partial charge < -0.3 is 0 Å². The van der Waals surface area contributed by atoms with Crippen LogP contribution >= 0.6 is 47.8 Å². The minimum absolute atomic E-state index is 0.385. The highest BCUT2D eigenvalue weighted by atomic mass is 79.9. The third kappa shape index (κ3) is 9.01. The van der Waals surface area contributed by atoms with Crippen LogP contribution in [0.25, 0.3) is 0 Å². The minimum atomic E-state index is 0.385. The van der Waals surface area contributed by atoms with Gasteiger partial charge in [-0.2, -0.15) is 0 Å². The Morgan fingerprint density at radius 3 is 2.33 bits per heavy atom. The van der Waals surface area contributed by atoms with Gasteiger partial charge in [0.2, 0.25) is 0 Å². The first kappa shape index (κ1) is 12.9. The van der Waals surface area contributed by atoms with Crippen molar-refractivity contribution in [1.29, 1.82) is 0 Å². The smallest absolute Gasteiger partial charge is 0.0734 e.